The molecule has 2 aromatic rings. The maximum Gasteiger partial charge on any atom is 0.337 e. The zero-order valence-corrected chi connectivity index (χ0v) is 17.2. The summed E-state index contributed by atoms with van der Waals surface area (Å²) in [6.07, 6.45) is 4.00. The molecule has 2 atom stereocenters. The molecule has 2 aromatic carbocycles. The number of carbonyl (C=O) groups excluding carboxylic acids is 2. The molecule has 2 aliphatic rings. The Kier molecular flexibility index (Phi) is 5.59. The first kappa shape index (κ1) is 20.2. The maximum absolute atomic E-state index is 12.9. The first-order valence-corrected chi connectivity index (χ1v) is 10.3. The van der Waals surface area contributed by atoms with Crippen molar-refractivity contribution in [3.8, 4) is 11.5 Å². The van der Waals surface area contributed by atoms with Crippen molar-refractivity contribution in [3.05, 3.63) is 64.4 Å². The van der Waals surface area contributed by atoms with Gasteiger partial charge in [-0.25, -0.2) is 4.79 Å². The average Bonchev–Trinajstić information content (AvgIpc) is 3.06. The summed E-state index contributed by atoms with van der Waals surface area (Å²) in [6.45, 7) is 4.85. The first-order valence-electron chi connectivity index (χ1n) is 10.3. The van der Waals surface area contributed by atoms with E-state index in [1.54, 1.807) is 36.4 Å². The Labute approximate surface area is 175 Å². The molecule has 0 aromatic heterocycles. The smallest absolute Gasteiger partial charge is 0.337 e. The zero-order valence-electron chi connectivity index (χ0n) is 17.2. The van der Waals surface area contributed by atoms with Gasteiger partial charge in [0.25, 0.3) is 0 Å². The summed E-state index contributed by atoms with van der Waals surface area (Å²) in [5.41, 5.74) is 2.16. The summed E-state index contributed by atoms with van der Waals surface area (Å²) in [5.74, 6) is 0.477. The highest BCUT2D eigenvalue weighted by atomic mass is 16.5. The van der Waals surface area contributed by atoms with Gasteiger partial charge in [0.15, 0.2) is 5.76 Å². The van der Waals surface area contributed by atoms with Gasteiger partial charge in [-0.3, -0.25) is 4.79 Å². The molecule has 1 saturated heterocycles. The predicted octanol–water partition coefficient (Wildman–Crippen LogP) is 1.98. The quantitative estimate of drug-likeness (QED) is 0.619. The Morgan fingerprint density at radius 3 is 2.73 bits per heavy atom. The van der Waals surface area contributed by atoms with Gasteiger partial charge in [0, 0.05) is 11.5 Å². The number of hydrogen-bond donors (Lipinski definition) is 1. The second-order valence-electron chi connectivity index (χ2n) is 8.10. The lowest BCUT2D eigenvalue weighted by Gasteiger charge is -2.29. The summed E-state index contributed by atoms with van der Waals surface area (Å²) in [5, 5.41) is 12.6. The van der Waals surface area contributed by atoms with E-state index in [9.17, 15) is 14.7 Å². The van der Waals surface area contributed by atoms with E-state index in [0.29, 0.717) is 34.9 Å². The van der Waals surface area contributed by atoms with Crippen LogP contribution in [0.5, 0.6) is 11.5 Å². The number of hydrogen-bond acceptors (Lipinski definition) is 5. The maximum atomic E-state index is 12.9. The molecule has 0 aliphatic carbocycles. The number of likely N-dealkylation sites (tertiary alicyclic amines) is 1. The Morgan fingerprint density at radius 2 is 2.03 bits per heavy atom. The molecule has 30 heavy (non-hydrogen) atoms. The number of Topliss-reactive ketones (excluding diaryl/α,β-unsaturated/α-hetero) is 1. The van der Waals surface area contributed by atoms with Crippen LogP contribution in [0.25, 0.3) is 6.08 Å². The molecule has 2 unspecified atom stereocenters. The molecule has 6 heteroatoms. The van der Waals surface area contributed by atoms with Crippen LogP contribution in [0.15, 0.2) is 42.2 Å². The third-order valence-electron chi connectivity index (χ3n) is 5.82. The van der Waals surface area contributed by atoms with Crippen molar-refractivity contribution in [1.82, 2.24) is 0 Å². The van der Waals surface area contributed by atoms with Gasteiger partial charge >= 0.3 is 5.97 Å². The minimum Gasteiger partial charge on any atom is -0.872 e. The molecule has 1 fully saturated rings. The predicted molar refractivity (Wildman–Crippen MR) is 109 cm³/mol. The van der Waals surface area contributed by atoms with E-state index >= 15 is 0 Å². The molecule has 4 rings (SSSR count). The molecular weight excluding hydrogens is 382 g/mol. The van der Waals surface area contributed by atoms with Crippen LogP contribution in [0.4, 0.5) is 0 Å². The van der Waals surface area contributed by atoms with Crippen LogP contribution in [-0.4, -0.2) is 32.0 Å². The normalized spacial score (nSPS) is 21.9. The Hall–Kier alpha value is -3.12. The monoisotopic (exact) mass is 407 g/mol. The second-order valence-corrected chi connectivity index (χ2v) is 8.10. The van der Waals surface area contributed by atoms with E-state index in [-0.39, 0.29) is 17.3 Å². The van der Waals surface area contributed by atoms with Crippen molar-refractivity contribution < 1.29 is 29.1 Å². The summed E-state index contributed by atoms with van der Waals surface area (Å²) in [7, 11) is 1.33. The van der Waals surface area contributed by atoms with Crippen molar-refractivity contribution in [2.75, 3.05) is 20.2 Å². The highest BCUT2D eigenvalue weighted by Crippen LogP contribution is 2.38. The third-order valence-corrected chi connectivity index (χ3v) is 5.82. The molecular formula is C24H25NO5. The standard InChI is InChI=1S/C24H25NO5/c1-15-4-3-11-25(13-15)14-19-20(26)10-9-18-22(27)21(30-23(18)19)12-16-5-7-17(8-6-16)24(28)29-2/h5-10,12,15,26H,3-4,11,13-14H2,1-2H3. The molecule has 0 radical (unpaired) electrons. The molecule has 0 bridgehead atoms. The van der Waals surface area contributed by atoms with E-state index in [4.69, 9.17) is 9.47 Å². The van der Waals surface area contributed by atoms with E-state index in [2.05, 4.69) is 6.92 Å². The van der Waals surface area contributed by atoms with Crippen molar-refractivity contribution in [2.24, 2.45) is 5.92 Å². The molecule has 6 nitrogen and oxygen atoms in total. The summed E-state index contributed by atoms with van der Waals surface area (Å²) >= 11 is 0. The highest BCUT2D eigenvalue weighted by molar-refractivity contribution is 6.15. The summed E-state index contributed by atoms with van der Waals surface area (Å²) < 4.78 is 10.6. The van der Waals surface area contributed by atoms with Crippen molar-refractivity contribution >= 4 is 17.8 Å². The van der Waals surface area contributed by atoms with Gasteiger partial charge in [-0.1, -0.05) is 30.9 Å². The fraction of sp³-hybridized carbons (Fsp3) is 0.333. The molecule has 0 spiro atoms. The van der Waals surface area contributed by atoms with Crippen LogP contribution in [0.3, 0.4) is 0 Å². The number of methoxy groups -OCH3 is 1. The lowest BCUT2D eigenvalue weighted by atomic mass is 9.99. The van der Waals surface area contributed by atoms with Gasteiger partial charge in [0.1, 0.15) is 12.3 Å². The van der Waals surface area contributed by atoms with Crippen LogP contribution >= 0.6 is 0 Å². The molecule has 0 saturated carbocycles. The fourth-order valence-electron chi connectivity index (χ4n) is 4.25. The molecule has 2 aliphatic heterocycles. The first-order chi connectivity index (χ1) is 14.5. The van der Waals surface area contributed by atoms with Crippen LogP contribution in [0.1, 0.15) is 51.6 Å². The number of ketones is 1. The van der Waals surface area contributed by atoms with Crippen molar-refractivity contribution in [3.63, 3.8) is 0 Å². The number of esters is 1. The lowest BCUT2D eigenvalue weighted by Crippen LogP contribution is -3.12. The van der Waals surface area contributed by atoms with Crippen LogP contribution in [0, 0.1) is 5.92 Å². The molecule has 1 N–H and O–H groups in total. The summed E-state index contributed by atoms with van der Waals surface area (Å²) in [4.78, 5) is 25.8. The van der Waals surface area contributed by atoms with Gasteiger partial charge in [-0.2, -0.15) is 0 Å². The van der Waals surface area contributed by atoms with Crippen LogP contribution in [0.2, 0.25) is 0 Å². The van der Waals surface area contributed by atoms with Crippen LogP contribution < -0.4 is 14.7 Å². The number of quaternary nitrogens is 1. The molecule has 0 amide bonds. The molecule has 156 valence electrons. The second kappa shape index (κ2) is 8.32. The number of rotatable bonds is 4. The highest BCUT2D eigenvalue weighted by Gasteiger charge is 2.31. The van der Waals surface area contributed by atoms with E-state index in [1.165, 1.54) is 24.5 Å². The van der Waals surface area contributed by atoms with E-state index in [1.807, 2.05) is 0 Å². The number of carbonyl (C=O) groups is 2. The SMILES string of the molecule is COC(=O)c1ccc(C=C2Oc3c(ccc([O-])c3C[NH+]3CCCC(C)C3)C2=O)cc1. The number of fused-ring (bicyclic) bond motifs is 1. The number of allylic oxidation sites excluding steroid dienone is 1. The Morgan fingerprint density at radius 1 is 1.27 bits per heavy atom. The van der Waals surface area contributed by atoms with Gasteiger partial charge in [0.2, 0.25) is 5.78 Å². The third kappa shape index (κ3) is 3.96. The zero-order chi connectivity index (χ0) is 21.3. The number of nitrogens with one attached hydrogen (secondary N) is 1. The largest absolute Gasteiger partial charge is 0.872 e. The van der Waals surface area contributed by atoms with Gasteiger partial charge in [-0.05, 0) is 42.7 Å². The topological polar surface area (TPSA) is 80.1 Å². The van der Waals surface area contributed by atoms with Gasteiger partial charge < -0.3 is 19.5 Å². The lowest BCUT2D eigenvalue weighted by molar-refractivity contribution is -0.922. The summed E-state index contributed by atoms with van der Waals surface area (Å²) in [6, 6.07) is 9.73. The molecule has 2 heterocycles. The minimum atomic E-state index is -0.419. The Balaban J connectivity index is 1.59. The number of benzene rings is 2. The number of piperidine rings is 1. The van der Waals surface area contributed by atoms with Crippen molar-refractivity contribution in [2.45, 2.75) is 26.3 Å². The average molecular weight is 407 g/mol. The van der Waals surface area contributed by atoms with Crippen LogP contribution in [-0.2, 0) is 11.3 Å². The van der Waals surface area contributed by atoms with E-state index in [0.717, 1.165) is 25.1 Å². The van der Waals surface area contributed by atoms with Gasteiger partial charge in [-0.15, -0.1) is 0 Å². The minimum absolute atomic E-state index is 0.0871. The van der Waals surface area contributed by atoms with E-state index < -0.39 is 5.97 Å². The van der Waals surface area contributed by atoms with Gasteiger partial charge in [0.05, 0.1) is 31.3 Å². The Bertz CT molecular complexity index is 1010. The van der Waals surface area contributed by atoms with Crippen molar-refractivity contribution in [1.29, 1.82) is 0 Å². The fourth-order valence-corrected chi connectivity index (χ4v) is 4.25. The number of ether oxygens (including phenoxy) is 2.